The molecule has 0 fully saturated rings. The van der Waals surface area contributed by atoms with Crippen molar-refractivity contribution in [1.82, 2.24) is 4.98 Å². The van der Waals surface area contributed by atoms with Gasteiger partial charge >= 0.3 is 0 Å². The summed E-state index contributed by atoms with van der Waals surface area (Å²) in [5.41, 5.74) is 0.431. The average Bonchev–Trinajstić information content (AvgIpc) is 2.06. The summed E-state index contributed by atoms with van der Waals surface area (Å²) in [7, 11) is 0. The smallest absolute Gasteiger partial charge is 0.211 e. The molecule has 0 saturated carbocycles. The summed E-state index contributed by atoms with van der Waals surface area (Å²) in [4.78, 5) is 3.82. The number of phenols is 1. The molecule has 0 bridgehead atoms. The monoisotopic (exact) mass is 287 g/mol. The van der Waals surface area contributed by atoms with Gasteiger partial charge in [0.2, 0.25) is 5.88 Å². The standard InChI is InChI=1S/C9H6INO2/c10-6-3-5-1-2-8(13)11-9(5)7(12)4-6/h1-4,12H,(H,11,13). The summed E-state index contributed by atoms with van der Waals surface area (Å²) in [6, 6.07) is 6.72. The van der Waals surface area contributed by atoms with Gasteiger partial charge in [-0.2, -0.15) is 0 Å². The number of nitrogens with zero attached hydrogens (tertiary/aromatic N) is 1. The number of aromatic nitrogens is 1. The first-order valence-corrected chi connectivity index (χ1v) is 4.73. The quantitative estimate of drug-likeness (QED) is 0.731. The van der Waals surface area contributed by atoms with Crippen LogP contribution in [0.1, 0.15) is 0 Å². The summed E-state index contributed by atoms with van der Waals surface area (Å²) in [5.74, 6) is 0.0156. The SMILES string of the molecule is Oc1ccc2cc(I)cc(O)c2n1. The van der Waals surface area contributed by atoms with Crippen LogP contribution in [0.2, 0.25) is 0 Å². The summed E-state index contributed by atoms with van der Waals surface area (Å²) in [5, 5.41) is 19.4. The lowest BCUT2D eigenvalue weighted by molar-refractivity contribution is 0.451. The Morgan fingerprint density at radius 1 is 1.15 bits per heavy atom. The van der Waals surface area contributed by atoms with Gasteiger partial charge in [0.15, 0.2) is 0 Å². The number of phenolic OH excluding ortho intramolecular Hbond substituents is 1. The van der Waals surface area contributed by atoms with Crippen LogP contribution in [0.5, 0.6) is 11.6 Å². The van der Waals surface area contributed by atoms with E-state index < -0.39 is 0 Å². The van der Waals surface area contributed by atoms with Crippen LogP contribution in [-0.4, -0.2) is 15.2 Å². The molecule has 2 N–H and O–H groups in total. The Balaban J connectivity index is 2.87. The number of rotatable bonds is 0. The summed E-state index contributed by atoms with van der Waals surface area (Å²) in [6.07, 6.45) is 0. The third-order valence-electron chi connectivity index (χ3n) is 1.72. The summed E-state index contributed by atoms with van der Waals surface area (Å²) in [6.45, 7) is 0. The minimum absolute atomic E-state index is 0.0796. The number of hydrogen-bond acceptors (Lipinski definition) is 3. The molecular weight excluding hydrogens is 281 g/mol. The van der Waals surface area contributed by atoms with Gasteiger partial charge < -0.3 is 10.2 Å². The predicted molar refractivity (Wildman–Crippen MR) is 57.8 cm³/mol. The van der Waals surface area contributed by atoms with Gasteiger partial charge in [-0.25, -0.2) is 4.98 Å². The average molecular weight is 287 g/mol. The zero-order chi connectivity index (χ0) is 9.42. The van der Waals surface area contributed by atoms with Crippen molar-refractivity contribution < 1.29 is 10.2 Å². The third-order valence-corrected chi connectivity index (χ3v) is 2.35. The van der Waals surface area contributed by atoms with E-state index >= 15 is 0 Å². The molecule has 2 rings (SSSR count). The number of halogens is 1. The van der Waals surface area contributed by atoms with Gasteiger partial charge in [0.1, 0.15) is 11.3 Å². The van der Waals surface area contributed by atoms with Gasteiger partial charge in [0.05, 0.1) is 0 Å². The minimum atomic E-state index is -0.0796. The molecule has 0 saturated heterocycles. The molecule has 4 heteroatoms. The Hall–Kier alpha value is -1.04. The fourth-order valence-electron chi connectivity index (χ4n) is 1.17. The van der Waals surface area contributed by atoms with E-state index in [0.29, 0.717) is 5.52 Å². The molecule has 66 valence electrons. The maximum absolute atomic E-state index is 9.50. The molecule has 13 heavy (non-hydrogen) atoms. The van der Waals surface area contributed by atoms with Crippen LogP contribution in [0.25, 0.3) is 10.9 Å². The molecule has 0 aliphatic heterocycles. The van der Waals surface area contributed by atoms with Crippen molar-refractivity contribution in [1.29, 1.82) is 0 Å². The molecule has 1 aromatic heterocycles. The first-order valence-electron chi connectivity index (χ1n) is 3.65. The Morgan fingerprint density at radius 2 is 1.92 bits per heavy atom. The van der Waals surface area contributed by atoms with Crippen molar-refractivity contribution in [3.63, 3.8) is 0 Å². The third kappa shape index (κ3) is 1.53. The van der Waals surface area contributed by atoms with Crippen molar-refractivity contribution in [2.45, 2.75) is 0 Å². The molecule has 0 spiro atoms. The Bertz CT molecular complexity index is 470. The van der Waals surface area contributed by atoms with Gasteiger partial charge in [-0.05, 0) is 40.8 Å². The number of benzene rings is 1. The second-order valence-electron chi connectivity index (χ2n) is 2.67. The molecule has 0 amide bonds. The van der Waals surface area contributed by atoms with Crippen molar-refractivity contribution in [3.05, 3.63) is 27.8 Å². The Kier molecular flexibility index (Phi) is 1.99. The maximum atomic E-state index is 9.50. The Labute approximate surface area is 88.2 Å². The van der Waals surface area contributed by atoms with Crippen LogP contribution in [0.15, 0.2) is 24.3 Å². The van der Waals surface area contributed by atoms with Crippen molar-refractivity contribution in [3.8, 4) is 11.6 Å². The number of fused-ring (bicyclic) bond motifs is 1. The van der Waals surface area contributed by atoms with Crippen LogP contribution in [0.4, 0.5) is 0 Å². The van der Waals surface area contributed by atoms with Gasteiger partial charge in [0.25, 0.3) is 0 Å². The summed E-state index contributed by atoms with van der Waals surface area (Å²) >= 11 is 2.11. The van der Waals surface area contributed by atoms with E-state index in [1.54, 1.807) is 12.1 Å². The second-order valence-corrected chi connectivity index (χ2v) is 3.91. The molecule has 0 radical (unpaired) electrons. The zero-order valence-electron chi connectivity index (χ0n) is 6.53. The first kappa shape index (κ1) is 8.55. The first-order chi connectivity index (χ1) is 6.16. The van der Waals surface area contributed by atoms with Crippen LogP contribution in [0, 0.1) is 3.57 Å². The Morgan fingerprint density at radius 3 is 2.69 bits per heavy atom. The van der Waals surface area contributed by atoms with Crippen LogP contribution >= 0.6 is 22.6 Å². The molecule has 1 aromatic carbocycles. The van der Waals surface area contributed by atoms with E-state index in [1.165, 1.54) is 6.07 Å². The largest absolute Gasteiger partial charge is 0.506 e. The van der Waals surface area contributed by atoms with Crippen molar-refractivity contribution in [2.24, 2.45) is 0 Å². The molecule has 0 aliphatic carbocycles. The summed E-state index contributed by atoms with van der Waals surface area (Å²) < 4.78 is 0.940. The lowest BCUT2D eigenvalue weighted by Crippen LogP contribution is -1.81. The molecule has 0 atom stereocenters. The lowest BCUT2D eigenvalue weighted by Gasteiger charge is -2.01. The lowest BCUT2D eigenvalue weighted by atomic mass is 10.2. The molecule has 3 nitrogen and oxygen atoms in total. The van der Waals surface area contributed by atoms with Crippen LogP contribution in [-0.2, 0) is 0 Å². The van der Waals surface area contributed by atoms with E-state index in [1.807, 2.05) is 6.07 Å². The van der Waals surface area contributed by atoms with Crippen molar-refractivity contribution in [2.75, 3.05) is 0 Å². The highest BCUT2D eigenvalue weighted by Gasteiger charge is 2.03. The van der Waals surface area contributed by atoms with Crippen LogP contribution < -0.4 is 0 Å². The number of pyridine rings is 1. The predicted octanol–water partition coefficient (Wildman–Crippen LogP) is 2.25. The normalized spacial score (nSPS) is 10.5. The van der Waals surface area contributed by atoms with Crippen molar-refractivity contribution >= 4 is 33.5 Å². The van der Waals surface area contributed by atoms with E-state index in [0.717, 1.165) is 8.96 Å². The van der Waals surface area contributed by atoms with E-state index in [9.17, 15) is 5.11 Å². The highest BCUT2D eigenvalue weighted by atomic mass is 127. The van der Waals surface area contributed by atoms with Gasteiger partial charge in [0, 0.05) is 15.0 Å². The molecular formula is C9H6INO2. The fraction of sp³-hybridized carbons (Fsp3) is 0. The van der Waals surface area contributed by atoms with E-state index in [-0.39, 0.29) is 11.6 Å². The second kappa shape index (κ2) is 3.02. The van der Waals surface area contributed by atoms with Gasteiger partial charge in [-0.3, -0.25) is 0 Å². The minimum Gasteiger partial charge on any atom is -0.506 e. The highest BCUT2D eigenvalue weighted by molar-refractivity contribution is 14.1. The maximum Gasteiger partial charge on any atom is 0.211 e. The zero-order valence-corrected chi connectivity index (χ0v) is 8.69. The van der Waals surface area contributed by atoms with E-state index in [4.69, 9.17) is 5.11 Å². The molecule has 0 unspecified atom stereocenters. The number of aromatic hydroxyl groups is 2. The van der Waals surface area contributed by atoms with Crippen LogP contribution in [0.3, 0.4) is 0 Å². The molecule has 2 aromatic rings. The number of hydrogen-bond donors (Lipinski definition) is 2. The van der Waals surface area contributed by atoms with Gasteiger partial charge in [-0.15, -0.1) is 0 Å². The molecule has 1 heterocycles. The molecule has 0 aliphatic rings. The highest BCUT2D eigenvalue weighted by Crippen LogP contribution is 2.26. The van der Waals surface area contributed by atoms with Gasteiger partial charge in [-0.1, -0.05) is 0 Å². The fourth-order valence-corrected chi connectivity index (χ4v) is 1.80. The topological polar surface area (TPSA) is 53.4 Å². The van der Waals surface area contributed by atoms with E-state index in [2.05, 4.69) is 27.6 Å².